The van der Waals surface area contributed by atoms with Gasteiger partial charge in [-0.3, -0.25) is 9.59 Å². The Kier molecular flexibility index (Phi) is 5.78. The van der Waals surface area contributed by atoms with E-state index in [-0.39, 0.29) is 18.0 Å². The Balaban J connectivity index is 1.63. The lowest BCUT2D eigenvalue weighted by Gasteiger charge is -2.10. The molecule has 10 heteroatoms. The Hall–Kier alpha value is -3.14. The Morgan fingerprint density at radius 1 is 1.25 bits per heavy atom. The van der Waals surface area contributed by atoms with Crippen LogP contribution in [0.15, 0.2) is 52.8 Å². The summed E-state index contributed by atoms with van der Waals surface area (Å²) < 4.78 is 41.2. The summed E-state index contributed by atoms with van der Waals surface area (Å²) >= 11 is 1.45. The van der Waals surface area contributed by atoms with Crippen molar-refractivity contribution in [2.75, 3.05) is 6.61 Å². The van der Waals surface area contributed by atoms with Crippen LogP contribution < -0.4 is 15.6 Å². The van der Waals surface area contributed by atoms with E-state index in [9.17, 15) is 22.8 Å². The van der Waals surface area contributed by atoms with Crippen molar-refractivity contribution >= 4 is 17.2 Å². The van der Waals surface area contributed by atoms with Crippen LogP contribution in [0.1, 0.15) is 15.9 Å². The zero-order valence-corrected chi connectivity index (χ0v) is 15.1. The molecule has 3 aromatic rings. The third-order valence-electron chi connectivity index (χ3n) is 3.58. The Morgan fingerprint density at radius 3 is 2.75 bits per heavy atom. The first-order valence-corrected chi connectivity index (χ1v) is 8.90. The number of hydrogen-bond acceptors (Lipinski definition) is 5. The maximum atomic E-state index is 12.3. The number of carbonyl (C=O) groups excluding carboxylic acids is 1. The topological polar surface area (TPSA) is 84.1 Å². The molecule has 0 aromatic carbocycles. The molecule has 0 bridgehead atoms. The highest BCUT2D eigenvalue weighted by molar-refractivity contribution is 7.13. The lowest BCUT2D eigenvalue weighted by atomic mass is 10.2. The van der Waals surface area contributed by atoms with Gasteiger partial charge in [-0.25, -0.2) is 4.98 Å². The molecule has 3 aromatic heterocycles. The molecule has 2 N–H and O–H groups in total. The number of hydrogen-bond donors (Lipinski definition) is 2. The predicted octanol–water partition coefficient (Wildman–Crippen LogP) is 3.37. The number of aromatic amines is 1. The number of nitrogens with zero attached hydrogens (tertiary/aromatic N) is 1. The first kappa shape index (κ1) is 19.6. The van der Waals surface area contributed by atoms with E-state index >= 15 is 0 Å². The lowest BCUT2D eigenvalue weighted by molar-refractivity contribution is -0.154. The van der Waals surface area contributed by atoms with Gasteiger partial charge >= 0.3 is 6.18 Å². The highest BCUT2D eigenvalue weighted by Gasteiger charge is 2.28. The molecule has 0 atom stereocenters. The molecule has 3 rings (SSSR count). The number of rotatable bonds is 6. The fourth-order valence-corrected chi connectivity index (χ4v) is 3.01. The van der Waals surface area contributed by atoms with Gasteiger partial charge in [0.15, 0.2) is 6.61 Å². The second-order valence-electron chi connectivity index (χ2n) is 5.68. The van der Waals surface area contributed by atoms with E-state index in [4.69, 9.17) is 0 Å². The molecule has 28 heavy (non-hydrogen) atoms. The van der Waals surface area contributed by atoms with Gasteiger partial charge in [-0.1, -0.05) is 6.07 Å². The average molecular weight is 409 g/mol. The van der Waals surface area contributed by atoms with Gasteiger partial charge in [0.1, 0.15) is 5.56 Å². The van der Waals surface area contributed by atoms with E-state index in [1.807, 2.05) is 17.5 Å². The molecule has 1 amide bonds. The van der Waals surface area contributed by atoms with Crippen LogP contribution in [-0.4, -0.2) is 28.7 Å². The molecule has 6 nitrogen and oxygen atoms in total. The molecular formula is C18H14F3N3O3S. The molecule has 0 fully saturated rings. The number of ether oxygens (including phenoxy) is 1. The second kappa shape index (κ2) is 8.26. The standard InChI is InChI=1S/C18H14F3N3O3S/c19-18(20,21)10-27-15-8-11(5-6-22-15)9-23-16(25)12-3-4-13(24-17(12)26)14-2-1-7-28-14/h1-8H,9-10H2,(H,23,25)(H,24,26). The minimum Gasteiger partial charge on any atom is -0.468 e. The minimum atomic E-state index is -4.47. The Labute approximate surface area is 161 Å². The Bertz CT molecular complexity index is 1020. The van der Waals surface area contributed by atoms with E-state index in [1.165, 1.54) is 35.7 Å². The van der Waals surface area contributed by atoms with Crippen LogP contribution >= 0.6 is 11.3 Å². The van der Waals surface area contributed by atoms with Crippen molar-refractivity contribution in [3.63, 3.8) is 0 Å². The van der Waals surface area contributed by atoms with E-state index in [2.05, 4.69) is 20.0 Å². The number of halogens is 3. The number of alkyl halides is 3. The largest absolute Gasteiger partial charge is 0.468 e. The normalized spacial score (nSPS) is 11.2. The number of amides is 1. The van der Waals surface area contributed by atoms with Crippen molar-refractivity contribution in [2.24, 2.45) is 0 Å². The van der Waals surface area contributed by atoms with Gasteiger partial charge in [-0.2, -0.15) is 13.2 Å². The molecule has 0 aliphatic rings. The smallest absolute Gasteiger partial charge is 0.422 e. The third-order valence-corrected chi connectivity index (χ3v) is 4.48. The molecule has 0 unspecified atom stereocenters. The molecular weight excluding hydrogens is 395 g/mol. The van der Waals surface area contributed by atoms with Crippen LogP contribution in [0, 0.1) is 0 Å². The highest BCUT2D eigenvalue weighted by Crippen LogP contribution is 2.21. The van der Waals surface area contributed by atoms with Gasteiger partial charge in [0.05, 0.1) is 10.6 Å². The molecule has 3 heterocycles. The number of aromatic nitrogens is 2. The zero-order valence-electron chi connectivity index (χ0n) is 14.2. The molecule has 0 aliphatic heterocycles. The van der Waals surface area contributed by atoms with Crippen molar-refractivity contribution in [3.8, 4) is 16.5 Å². The molecule has 0 radical (unpaired) electrons. The number of H-pyrrole nitrogens is 1. The summed E-state index contributed by atoms with van der Waals surface area (Å²) in [7, 11) is 0. The van der Waals surface area contributed by atoms with Crippen LogP contribution in [-0.2, 0) is 6.54 Å². The van der Waals surface area contributed by atoms with Gasteiger partial charge in [0, 0.05) is 18.8 Å². The maximum Gasteiger partial charge on any atom is 0.422 e. The predicted molar refractivity (Wildman–Crippen MR) is 97.3 cm³/mol. The summed E-state index contributed by atoms with van der Waals surface area (Å²) in [4.78, 5) is 31.6. The number of nitrogens with one attached hydrogen (secondary N) is 2. The van der Waals surface area contributed by atoms with Crippen molar-refractivity contribution in [1.82, 2.24) is 15.3 Å². The summed E-state index contributed by atoms with van der Waals surface area (Å²) in [6.45, 7) is -1.46. The van der Waals surface area contributed by atoms with Crippen LogP contribution in [0.25, 0.3) is 10.6 Å². The summed E-state index contributed by atoms with van der Waals surface area (Å²) in [5.41, 5.74) is 0.486. The van der Waals surface area contributed by atoms with Gasteiger partial charge in [-0.05, 0) is 35.2 Å². The number of pyridine rings is 2. The van der Waals surface area contributed by atoms with E-state index in [0.29, 0.717) is 11.3 Å². The fourth-order valence-electron chi connectivity index (χ4n) is 2.30. The summed E-state index contributed by atoms with van der Waals surface area (Å²) in [5, 5.41) is 4.42. The SMILES string of the molecule is O=C(NCc1ccnc(OCC(F)(F)F)c1)c1ccc(-c2cccs2)[nH]c1=O. The Morgan fingerprint density at radius 2 is 2.07 bits per heavy atom. The monoisotopic (exact) mass is 409 g/mol. The minimum absolute atomic E-state index is 0.00412. The van der Waals surface area contributed by atoms with Gasteiger partial charge in [0.2, 0.25) is 5.88 Å². The first-order chi connectivity index (χ1) is 13.3. The van der Waals surface area contributed by atoms with Crippen LogP contribution in [0.3, 0.4) is 0 Å². The highest BCUT2D eigenvalue weighted by atomic mass is 32.1. The van der Waals surface area contributed by atoms with Crippen molar-refractivity contribution in [3.05, 3.63) is 69.5 Å². The van der Waals surface area contributed by atoms with Crippen LogP contribution in [0.2, 0.25) is 0 Å². The summed E-state index contributed by atoms with van der Waals surface area (Å²) in [6.07, 6.45) is -3.20. The quantitative estimate of drug-likeness (QED) is 0.654. The maximum absolute atomic E-state index is 12.3. The molecule has 146 valence electrons. The fraction of sp³-hybridized carbons (Fsp3) is 0.167. The van der Waals surface area contributed by atoms with E-state index in [1.54, 1.807) is 6.07 Å². The molecule has 0 aliphatic carbocycles. The van der Waals surface area contributed by atoms with Crippen molar-refractivity contribution < 1.29 is 22.7 Å². The first-order valence-electron chi connectivity index (χ1n) is 8.02. The van der Waals surface area contributed by atoms with Crippen LogP contribution in [0.5, 0.6) is 5.88 Å². The van der Waals surface area contributed by atoms with Crippen molar-refractivity contribution in [2.45, 2.75) is 12.7 Å². The van der Waals surface area contributed by atoms with Crippen molar-refractivity contribution in [1.29, 1.82) is 0 Å². The zero-order chi connectivity index (χ0) is 20.1. The van der Waals surface area contributed by atoms with Gasteiger partial charge in [-0.15, -0.1) is 11.3 Å². The summed E-state index contributed by atoms with van der Waals surface area (Å²) in [6, 6.07) is 9.56. The van der Waals surface area contributed by atoms with Gasteiger partial charge < -0.3 is 15.0 Å². The third kappa shape index (κ3) is 5.19. The van der Waals surface area contributed by atoms with Gasteiger partial charge in [0.25, 0.3) is 11.5 Å². The second-order valence-corrected chi connectivity index (χ2v) is 6.63. The van der Waals surface area contributed by atoms with Crippen LogP contribution in [0.4, 0.5) is 13.2 Å². The van der Waals surface area contributed by atoms with E-state index in [0.717, 1.165) is 4.88 Å². The lowest BCUT2D eigenvalue weighted by Crippen LogP contribution is -2.29. The summed E-state index contributed by atoms with van der Waals surface area (Å²) in [5.74, 6) is -0.809. The molecule has 0 saturated heterocycles. The average Bonchev–Trinajstić information content (AvgIpc) is 3.19. The number of thiophene rings is 1. The number of carbonyl (C=O) groups is 1. The van der Waals surface area contributed by atoms with E-state index < -0.39 is 24.2 Å². The molecule has 0 spiro atoms. The molecule has 0 saturated carbocycles.